The van der Waals surface area contributed by atoms with Crippen LogP contribution in [0.4, 0.5) is 5.69 Å². The summed E-state index contributed by atoms with van der Waals surface area (Å²) < 4.78 is 4.99. The third-order valence-corrected chi connectivity index (χ3v) is 6.22. The summed E-state index contributed by atoms with van der Waals surface area (Å²) in [6, 6.07) is 10.6. The molecule has 0 aromatic heterocycles. The van der Waals surface area contributed by atoms with Gasteiger partial charge in [-0.25, -0.2) is 9.79 Å². The van der Waals surface area contributed by atoms with E-state index in [1.54, 1.807) is 31.2 Å². The summed E-state index contributed by atoms with van der Waals surface area (Å²) in [5, 5.41) is 14.2. The number of ether oxygens (including phenoxy) is 1. The first-order valence-electron chi connectivity index (χ1n) is 11.2. The number of hydrogen-bond acceptors (Lipinski definition) is 6. The van der Waals surface area contributed by atoms with E-state index in [-0.39, 0.29) is 22.7 Å². The van der Waals surface area contributed by atoms with Crippen molar-refractivity contribution >= 4 is 40.6 Å². The Bertz CT molecular complexity index is 1130. The van der Waals surface area contributed by atoms with E-state index in [0.717, 1.165) is 16.7 Å². The fourth-order valence-electron chi connectivity index (χ4n) is 3.52. The number of thioether (sulfide) groups is 1. The second-order valence-electron chi connectivity index (χ2n) is 10.2. The lowest BCUT2D eigenvalue weighted by atomic mass is 9.78. The van der Waals surface area contributed by atoms with Gasteiger partial charge in [0.25, 0.3) is 5.91 Å². The van der Waals surface area contributed by atoms with Gasteiger partial charge < -0.3 is 15.2 Å². The Morgan fingerprint density at radius 1 is 1.06 bits per heavy atom. The van der Waals surface area contributed by atoms with Gasteiger partial charge in [-0.3, -0.25) is 4.79 Å². The van der Waals surface area contributed by atoms with Crippen molar-refractivity contribution < 1.29 is 19.4 Å². The number of amidine groups is 1. The molecule has 34 heavy (non-hydrogen) atoms. The van der Waals surface area contributed by atoms with Gasteiger partial charge in [0.2, 0.25) is 0 Å². The zero-order chi connectivity index (χ0) is 25.3. The molecule has 0 bridgehead atoms. The topological polar surface area (TPSA) is 88.0 Å². The molecule has 6 nitrogen and oxygen atoms in total. The molecule has 1 fully saturated rings. The highest BCUT2D eigenvalue weighted by molar-refractivity contribution is 8.18. The van der Waals surface area contributed by atoms with E-state index in [9.17, 15) is 14.7 Å². The maximum atomic E-state index is 12.6. The zero-order valence-corrected chi connectivity index (χ0v) is 21.6. The molecule has 180 valence electrons. The molecule has 2 N–H and O–H groups in total. The van der Waals surface area contributed by atoms with E-state index in [4.69, 9.17) is 4.74 Å². The Balaban J connectivity index is 1.91. The Labute approximate surface area is 205 Å². The Kier molecular flexibility index (Phi) is 7.26. The molecule has 0 atom stereocenters. The number of hydrogen-bond donors (Lipinski definition) is 2. The number of aromatic hydroxyl groups is 1. The number of phenolic OH excluding ortho intramolecular Hbond substituents is 1. The second-order valence-corrected chi connectivity index (χ2v) is 11.2. The van der Waals surface area contributed by atoms with Crippen LogP contribution in [0, 0.1) is 0 Å². The molecule has 7 heteroatoms. The van der Waals surface area contributed by atoms with Crippen molar-refractivity contribution in [3.8, 4) is 5.75 Å². The number of carbonyl (C=O) groups is 2. The van der Waals surface area contributed by atoms with Crippen LogP contribution in [-0.2, 0) is 20.4 Å². The van der Waals surface area contributed by atoms with Crippen LogP contribution >= 0.6 is 11.8 Å². The minimum absolute atomic E-state index is 0.227. The van der Waals surface area contributed by atoms with E-state index < -0.39 is 0 Å². The quantitative estimate of drug-likeness (QED) is 0.410. The van der Waals surface area contributed by atoms with Gasteiger partial charge in [0.05, 0.1) is 22.8 Å². The van der Waals surface area contributed by atoms with Gasteiger partial charge >= 0.3 is 5.97 Å². The van der Waals surface area contributed by atoms with Crippen LogP contribution < -0.4 is 5.32 Å². The van der Waals surface area contributed by atoms with Gasteiger partial charge in [0.1, 0.15) is 5.75 Å². The number of amides is 1. The van der Waals surface area contributed by atoms with E-state index in [1.807, 2.05) is 18.2 Å². The predicted octanol–water partition coefficient (Wildman–Crippen LogP) is 6.06. The van der Waals surface area contributed by atoms with Crippen LogP contribution in [0.1, 0.15) is 75.5 Å². The van der Waals surface area contributed by atoms with E-state index in [0.29, 0.717) is 33.7 Å². The van der Waals surface area contributed by atoms with Gasteiger partial charge in [-0.2, -0.15) is 0 Å². The van der Waals surface area contributed by atoms with Crippen LogP contribution in [0.3, 0.4) is 0 Å². The first-order valence-corrected chi connectivity index (χ1v) is 12.1. The molecule has 1 heterocycles. The second kappa shape index (κ2) is 9.66. The molecule has 0 saturated carbocycles. The fraction of sp³-hybridized carbons (Fsp3) is 0.370. The van der Waals surface area contributed by atoms with Gasteiger partial charge in [0.15, 0.2) is 5.17 Å². The van der Waals surface area contributed by atoms with Gasteiger partial charge in [0, 0.05) is 11.1 Å². The molecule has 2 aromatic rings. The Morgan fingerprint density at radius 3 is 2.12 bits per heavy atom. The van der Waals surface area contributed by atoms with Crippen LogP contribution in [0.15, 0.2) is 46.3 Å². The molecule has 3 rings (SSSR count). The van der Waals surface area contributed by atoms with Gasteiger partial charge in [-0.15, -0.1) is 0 Å². The molecule has 2 aromatic carbocycles. The molecular formula is C27H32N2O4S. The summed E-state index contributed by atoms with van der Waals surface area (Å²) in [4.78, 5) is 29.5. The number of aliphatic imine (C=N–C) groups is 1. The van der Waals surface area contributed by atoms with Crippen molar-refractivity contribution in [1.29, 1.82) is 0 Å². The summed E-state index contributed by atoms with van der Waals surface area (Å²) in [6.07, 6.45) is 1.83. The first-order chi connectivity index (χ1) is 15.8. The van der Waals surface area contributed by atoms with Crippen LogP contribution in [-0.4, -0.2) is 28.8 Å². The third-order valence-electron chi connectivity index (χ3n) is 5.31. The number of rotatable bonds is 4. The SMILES string of the molecule is CCOC(=O)c1ccc(N=C2NC(=O)/C(=C/c3cc(C(C)(C)C)c(O)c(C(C)(C)C)c3)S2)cc1. The van der Waals surface area contributed by atoms with Crippen LogP contribution in [0.25, 0.3) is 6.08 Å². The van der Waals surface area contributed by atoms with Crippen molar-refractivity contribution in [2.24, 2.45) is 4.99 Å². The largest absolute Gasteiger partial charge is 0.507 e. The Hall–Kier alpha value is -3.06. The molecule has 0 spiro atoms. The maximum Gasteiger partial charge on any atom is 0.338 e. The van der Waals surface area contributed by atoms with Crippen molar-refractivity contribution in [3.63, 3.8) is 0 Å². The monoisotopic (exact) mass is 480 g/mol. The number of carbonyl (C=O) groups excluding carboxylic acids is 2. The van der Waals surface area contributed by atoms with Crippen molar-refractivity contribution in [3.05, 3.63) is 63.6 Å². The third kappa shape index (κ3) is 5.89. The number of esters is 1. The maximum absolute atomic E-state index is 12.6. The number of nitrogens with zero attached hydrogens (tertiary/aromatic N) is 1. The lowest BCUT2D eigenvalue weighted by Crippen LogP contribution is -2.19. The lowest BCUT2D eigenvalue weighted by Gasteiger charge is -2.28. The Morgan fingerprint density at radius 2 is 1.62 bits per heavy atom. The highest BCUT2D eigenvalue weighted by Gasteiger charge is 2.28. The molecular weight excluding hydrogens is 448 g/mol. The van der Waals surface area contributed by atoms with E-state index in [1.165, 1.54) is 11.8 Å². The number of benzene rings is 2. The summed E-state index contributed by atoms with van der Waals surface area (Å²) in [5.41, 5.74) is 3.08. The molecule has 1 aliphatic rings. The lowest BCUT2D eigenvalue weighted by molar-refractivity contribution is -0.115. The average molecular weight is 481 g/mol. The molecule has 0 radical (unpaired) electrons. The van der Waals surface area contributed by atoms with Crippen molar-refractivity contribution in [2.45, 2.75) is 59.3 Å². The number of phenols is 1. The summed E-state index contributed by atoms with van der Waals surface area (Å²) in [7, 11) is 0. The van der Waals surface area contributed by atoms with E-state index >= 15 is 0 Å². The fourth-order valence-corrected chi connectivity index (χ4v) is 4.36. The minimum atomic E-state index is -0.381. The van der Waals surface area contributed by atoms with Gasteiger partial charge in [-0.1, -0.05) is 41.5 Å². The first kappa shape index (κ1) is 25.6. The molecule has 1 amide bonds. The summed E-state index contributed by atoms with van der Waals surface area (Å²) >= 11 is 1.25. The smallest absolute Gasteiger partial charge is 0.338 e. The molecule has 1 saturated heterocycles. The van der Waals surface area contributed by atoms with Crippen molar-refractivity contribution in [1.82, 2.24) is 5.32 Å². The summed E-state index contributed by atoms with van der Waals surface area (Å²) in [6.45, 7) is 14.4. The van der Waals surface area contributed by atoms with Crippen molar-refractivity contribution in [2.75, 3.05) is 6.61 Å². The highest BCUT2D eigenvalue weighted by atomic mass is 32.2. The van der Waals surface area contributed by atoms with Gasteiger partial charge in [-0.05, 0) is 77.6 Å². The molecule has 0 aliphatic carbocycles. The summed E-state index contributed by atoms with van der Waals surface area (Å²) in [5.74, 6) is -0.303. The molecule has 0 unspecified atom stereocenters. The zero-order valence-electron chi connectivity index (χ0n) is 20.8. The molecule has 1 aliphatic heterocycles. The standard InChI is InChI=1S/C27H32N2O4S/c1-8-33-24(32)17-9-11-18(12-10-17)28-25-29-23(31)21(34-25)15-16-13-19(26(2,3)4)22(30)20(14-16)27(5,6)7/h9-15,30H,8H2,1-7H3,(H,28,29,31)/b21-15-. The predicted molar refractivity (Wildman–Crippen MR) is 139 cm³/mol. The average Bonchev–Trinajstić information content (AvgIpc) is 3.06. The van der Waals surface area contributed by atoms with E-state index in [2.05, 4.69) is 51.9 Å². The van der Waals surface area contributed by atoms with Crippen LogP contribution in [0.5, 0.6) is 5.75 Å². The minimum Gasteiger partial charge on any atom is -0.507 e. The highest BCUT2D eigenvalue weighted by Crippen LogP contribution is 2.40. The number of nitrogens with one attached hydrogen (secondary N) is 1. The normalized spacial score (nSPS) is 16.7. The van der Waals surface area contributed by atoms with Crippen LogP contribution in [0.2, 0.25) is 0 Å².